The number of rotatable bonds is 7. The van der Waals surface area contributed by atoms with E-state index < -0.39 is 12.3 Å². The van der Waals surface area contributed by atoms with E-state index >= 15 is 0 Å². The fourth-order valence-corrected chi connectivity index (χ4v) is 6.00. The van der Waals surface area contributed by atoms with E-state index in [1.165, 1.54) is 6.33 Å². The molecule has 3 aromatic rings. The Kier molecular flexibility index (Phi) is 6.75. The number of carbonyl (C=O) groups excluding carboxylic acids is 1. The minimum atomic E-state index is -2.63. The zero-order valence-corrected chi connectivity index (χ0v) is 21.1. The summed E-state index contributed by atoms with van der Waals surface area (Å²) in [6.45, 7) is 0.457. The maximum absolute atomic E-state index is 12.9. The summed E-state index contributed by atoms with van der Waals surface area (Å²) in [5, 5.41) is 7.20. The van der Waals surface area contributed by atoms with Gasteiger partial charge in [-0.15, -0.1) is 11.3 Å². The van der Waals surface area contributed by atoms with Crippen LogP contribution < -0.4 is 5.32 Å². The van der Waals surface area contributed by atoms with Gasteiger partial charge in [-0.05, 0) is 43.4 Å². The number of aromatic nitrogens is 5. The molecular formula is C25H25F2N9OS. The number of hydrogen-bond donors (Lipinski definition) is 1. The summed E-state index contributed by atoms with van der Waals surface area (Å²) in [5.41, 5.74) is 0.806. The van der Waals surface area contributed by atoms with E-state index in [2.05, 4.69) is 41.3 Å². The van der Waals surface area contributed by atoms with Crippen LogP contribution in [0.1, 0.15) is 52.5 Å². The molecule has 1 saturated carbocycles. The Morgan fingerprint density at radius 3 is 2.92 bits per heavy atom. The van der Waals surface area contributed by atoms with Crippen LogP contribution in [-0.4, -0.2) is 72.3 Å². The SMILES string of the molecule is O=C(NCC1CCC[C@@H](N2C(c3ccccn3)=NC3C=NC(n4cncn4)=CC32)C1)c1ncc(C(F)F)s1. The molecule has 3 aromatic heterocycles. The van der Waals surface area contributed by atoms with Crippen LogP contribution in [0.5, 0.6) is 0 Å². The maximum atomic E-state index is 12.9. The number of carbonyl (C=O) groups is 1. The number of hydrogen-bond acceptors (Lipinski definition) is 9. The Morgan fingerprint density at radius 1 is 1.24 bits per heavy atom. The lowest BCUT2D eigenvalue weighted by molar-refractivity contribution is 0.0935. The average molecular weight is 538 g/mol. The summed E-state index contributed by atoms with van der Waals surface area (Å²) in [7, 11) is 0. The van der Waals surface area contributed by atoms with E-state index in [0.29, 0.717) is 12.4 Å². The second-order valence-electron chi connectivity index (χ2n) is 9.46. The molecule has 1 aliphatic carbocycles. The Labute approximate surface area is 221 Å². The number of alkyl halides is 2. The average Bonchev–Trinajstić information content (AvgIpc) is 3.72. The first-order valence-corrected chi connectivity index (χ1v) is 13.3. The highest BCUT2D eigenvalue weighted by Crippen LogP contribution is 2.35. The maximum Gasteiger partial charge on any atom is 0.280 e. The van der Waals surface area contributed by atoms with Crippen LogP contribution in [0, 0.1) is 5.92 Å². The zero-order valence-electron chi connectivity index (χ0n) is 20.3. The third-order valence-electron chi connectivity index (χ3n) is 7.05. The first-order valence-electron chi connectivity index (χ1n) is 12.5. The standard InChI is InChI=1S/C25H25F2N9OS/c26-22(27)20-12-32-25(38-20)24(37)31-10-15-4-3-5-16(8-15)36-19-9-21(35-14-28-13-33-35)30-11-18(19)34-23(36)17-6-1-2-7-29-17/h1-2,6-7,9,11-16,18-19,22H,3-5,8,10H2,(H,31,37)/t15?,16-,18?,19?/m1/s1. The first kappa shape index (κ1) is 24.5. The molecule has 1 amide bonds. The lowest BCUT2D eigenvalue weighted by Crippen LogP contribution is -2.49. The molecule has 10 nitrogen and oxygen atoms in total. The van der Waals surface area contributed by atoms with Crippen molar-refractivity contribution in [1.82, 2.24) is 34.9 Å². The number of amidine groups is 1. The van der Waals surface area contributed by atoms with Crippen LogP contribution in [0.2, 0.25) is 0 Å². The highest BCUT2D eigenvalue weighted by molar-refractivity contribution is 7.13. The van der Waals surface area contributed by atoms with Gasteiger partial charge < -0.3 is 10.2 Å². The highest BCUT2D eigenvalue weighted by atomic mass is 32.1. The topological polar surface area (TPSA) is 114 Å². The predicted octanol–water partition coefficient (Wildman–Crippen LogP) is 3.44. The normalized spacial score (nSPS) is 24.8. The predicted molar refractivity (Wildman–Crippen MR) is 138 cm³/mol. The van der Waals surface area contributed by atoms with Crippen LogP contribution in [0.15, 0.2) is 59.3 Å². The number of thiazole rings is 1. The zero-order chi connectivity index (χ0) is 26.1. The molecule has 0 radical (unpaired) electrons. The van der Waals surface area contributed by atoms with Gasteiger partial charge in [-0.3, -0.25) is 14.8 Å². The van der Waals surface area contributed by atoms with Gasteiger partial charge in [0.05, 0.1) is 10.9 Å². The summed E-state index contributed by atoms with van der Waals surface area (Å²) in [4.78, 5) is 36.8. The van der Waals surface area contributed by atoms with Gasteiger partial charge in [-0.2, -0.15) is 5.10 Å². The molecule has 5 heterocycles. The van der Waals surface area contributed by atoms with Crippen molar-refractivity contribution in [2.75, 3.05) is 6.54 Å². The van der Waals surface area contributed by atoms with Crippen molar-refractivity contribution >= 4 is 35.1 Å². The third kappa shape index (κ3) is 4.85. The Hall–Kier alpha value is -3.87. The van der Waals surface area contributed by atoms with Crippen molar-refractivity contribution in [2.45, 2.75) is 50.2 Å². The van der Waals surface area contributed by atoms with Gasteiger partial charge >= 0.3 is 0 Å². The van der Waals surface area contributed by atoms with Crippen molar-refractivity contribution in [3.05, 3.63) is 64.9 Å². The minimum Gasteiger partial charge on any atom is -0.350 e. The number of pyridine rings is 1. The monoisotopic (exact) mass is 537 g/mol. The first-order chi connectivity index (χ1) is 18.6. The van der Waals surface area contributed by atoms with Crippen LogP contribution in [0.4, 0.5) is 8.78 Å². The Morgan fingerprint density at radius 2 is 2.16 bits per heavy atom. The molecule has 1 fully saturated rings. The largest absolute Gasteiger partial charge is 0.350 e. The van der Waals surface area contributed by atoms with E-state index in [1.807, 2.05) is 24.4 Å². The van der Waals surface area contributed by atoms with Gasteiger partial charge in [0.1, 0.15) is 24.4 Å². The molecule has 0 spiro atoms. The number of aliphatic imine (C=N–C) groups is 2. The molecule has 38 heavy (non-hydrogen) atoms. The molecule has 13 heteroatoms. The minimum absolute atomic E-state index is 0.0508. The summed E-state index contributed by atoms with van der Waals surface area (Å²) >= 11 is 0.732. The van der Waals surface area contributed by atoms with Gasteiger partial charge in [0.2, 0.25) is 0 Å². The van der Waals surface area contributed by atoms with Gasteiger partial charge in [0.15, 0.2) is 16.7 Å². The number of nitrogens with one attached hydrogen (secondary N) is 1. The van der Waals surface area contributed by atoms with Crippen molar-refractivity contribution in [1.29, 1.82) is 0 Å². The van der Waals surface area contributed by atoms with Crippen LogP contribution in [0.3, 0.4) is 0 Å². The van der Waals surface area contributed by atoms with Crippen molar-refractivity contribution in [3.8, 4) is 0 Å². The molecule has 0 saturated heterocycles. The molecular weight excluding hydrogens is 512 g/mol. The summed E-state index contributed by atoms with van der Waals surface area (Å²) in [6, 6.07) is 5.77. The molecule has 196 valence electrons. The number of nitrogens with zero attached hydrogens (tertiary/aromatic N) is 8. The molecule has 6 rings (SSSR count). The number of fused-ring (bicyclic) bond motifs is 1. The quantitative estimate of drug-likeness (QED) is 0.494. The van der Waals surface area contributed by atoms with Crippen molar-refractivity contribution in [2.24, 2.45) is 15.9 Å². The van der Waals surface area contributed by atoms with Crippen LogP contribution in [0.25, 0.3) is 5.82 Å². The number of halogens is 2. The van der Waals surface area contributed by atoms with Gasteiger partial charge in [0.25, 0.3) is 12.3 Å². The molecule has 0 bridgehead atoms. The Balaban J connectivity index is 1.20. The molecule has 3 aliphatic rings. The van der Waals surface area contributed by atoms with Crippen LogP contribution in [-0.2, 0) is 0 Å². The smallest absolute Gasteiger partial charge is 0.280 e. The molecule has 2 aliphatic heterocycles. The van der Waals surface area contributed by atoms with Crippen molar-refractivity contribution < 1.29 is 13.6 Å². The second kappa shape index (κ2) is 10.5. The van der Waals surface area contributed by atoms with Gasteiger partial charge in [-0.25, -0.2) is 28.4 Å². The summed E-state index contributed by atoms with van der Waals surface area (Å²) < 4.78 is 27.4. The van der Waals surface area contributed by atoms with E-state index in [0.717, 1.165) is 54.7 Å². The Bertz CT molecular complexity index is 1370. The molecule has 3 unspecified atom stereocenters. The lowest BCUT2D eigenvalue weighted by atomic mass is 9.84. The van der Waals surface area contributed by atoms with Gasteiger partial charge in [-0.1, -0.05) is 12.5 Å². The fourth-order valence-electron chi connectivity index (χ4n) is 5.32. The molecule has 0 aromatic carbocycles. The van der Waals surface area contributed by atoms with Gasteiger partial charge in [0, 0.05) is 31.2 Å². The second-order valence-corrected chi connectivity index (χ2v) is 10.5. The van der Waals surface area contributed by atoms with E-state index in [1.54, 1.807) is 17.2 Å². The summed E-state index contributed by atoms with van der Waals surface area (Å²) in [6.07, 6.45) is 11.0. The fraction of sp³-hybridized carbons (Fsp3) is 0.400. The highest BCUT2D eigenvalue weighted by Gasteiger charge is 2.42. The molecule has 1 N–H and O–H groups in total. The van der Waals surface area contributed by atoms with E-state index in [-0.39, 0.29) is 33.9 Å². The lowest BCUT2D eigenvalue weighted by Gasteiger charge is -2.40. The van der Waals surface area contributed by atoms with E-state index in [9.17, 15) is 13.6 Å². The van der Waals surface area contributed by atoms with Crippen molar-refractivity contribution in [3.63, 3.8) is 0 Å². The summed E-state index contributed by atoms with van der Waals surface area (Å²) in [5.74, 6) is 1.34. The third-order valence-corrected chi connectivity index (χ3v) is 8.05. The van der Waals surface area contributed by atoms with Crippen LogP contribution >= 0.6 is 11.3 Å². The van der Waals surface area contributed by atoms with E-state index in [4.69, 9.17) is 4.99 Å². The number of amides is 1. The molecule has 4 atom stereocenters.